The maximum absolute atomic E-state index is 11.1. The Kier molecular flexibility index (Phi) is 7.48. The lowest BCUT2D eigenvalue weighted by Crippen LogP contribution is -2.33. The van der Waals surface area contributed by atoms with Crippen molar-refractivity contribution in [2.24, 2.45) is 10.9 Å². The van der Waals surface area contributed by atoms with Crippen LogP contribution in [0, 0.1) is 4.91 Å². The number of nitroso groups, excluding NO2 is 1. The lowest BCUT2D eigenvalue weighted by molar-refractivity contribution is -0.144. The average Bonchev–Trinajstić information content (AvgIpc) is 2.24. The summed E-state index contributed by atoms with van der Waals surface area (Å²) in [5, 5.41) is 11.1. The van der Waals surface area contributed by atoms with E-state index in [9.17, 15) is 14.5 Å². The van der Waals surface area contributed by atoms with Gasteiger partial charge in [0.25, 0.3) is 0 Å². The van der Waals surface area contributed by atoms with Crippen LogP contribution in [-0.2, 0) is 14.3 Å². The van der Waals surface area contributed by atoms with Crippen molar-refractivity contribution in [3.8, 4) is 0 Å². The van der Waals surface area contributed by atoms with Gasteiger partial charge in [0.15, 0.2) is 6.04 Å². The highest BCUT2D eigenvalue weighted by Crippen LogP contribution is 2.08. The molecule has 0 rings (SSSR count). The van der Waals surface area contributed by atoms with E-state index in [2.05, 4.69) is 9.91 Å². The molecule has 0 fully saturated rings. The first-order valence-electron chi connectivity index (χ1n) is 4.58. The van der Waals surface area contributed by atoms with Crippen LogP contribution in [0.15, 0.2) is 5.18 Å². The van der Waals surface area contributed by atoms with Crippen LogP contribution in [0.1, 0.15) is 6.92 Å². The van der Waals surface area contributed by atoms with Crippen molar-refractivity contribution in [1.82, 2.24) is 0 Å². The first kappa shape index (κ1) is 14.8. The van der Waals surface area contributed by atoms with E-state index in [1.165, 1.54) is 0 Å². The fourth-order valence-electron chi connectivity index (χ4n) is 0.758. The Balaban J connectivity index is 3.92. The molecule has 0 amide bonds. The molecule has 7 nitrogen and oxygen atoms in total. The maximum atomic E-state index is 11.1. The molecule has 2 unspecified atom stereocenters. The Bertz CT molecular complexity index is 261. The minimum atomic E-state index is -1.13. The van der Waals surface area contributed by atoms with Crippen molar-refractivity contribution in [2.75, 3.05) is 18.1 Å². The van der Waals surface area contributed by atoms with Gasteiger partial charge in [-0.05, 0) is 6.92 Å². The number of carbonyl (C=O) groups excluding carboxylic acids is 1. The third-order valence-electron chi connectivity index (χ3n) is 1.58. The Hall–Kier alpha value is -1.15. The normalized spacial score (nSPS) is 13.9. The van der Waals surface area contributed by atoms with Crippen LogP contribution in [0.5, 0.6) is 0 Å². The molecule has 92 valence electrons. The molecule has 0 aromatic carbocycles. The zero-order chi connectivity index (χ0) is 12.6. The summed E-state index contributed by atoms with van der Waals surface area (Å²) in [7, 11) is 0. The van der Waals surface area contributed by atoms with Gasteiger partial charge >= 0.3 is 11.9 Å². The van der Waals surface area contributed by atoms with Gasteiger partial charge in [0.2, 0.25) is 0 Å². The number of hydrogen-bond donors (Lipinski definition) is 2. The number of esters is 1. The zero-order valence-electron chi connectivity index (χ0n) is 8.79. The van der Waals surface area contributed by atoms with E-state index in [1.807, 2.05) is 0 Å². The van der Waals surface area contributed by atoms with Crippen molar-refractivity contribution in [3.05, 3.63) is 4.91 Å². The number of carboxylic acids is 1. The van der Waals surface area contributed by atoms with Crippen LogP contribution < -0.4 is 5.73 Å². The van der Waals surface area contributed by atoms with Gasteiger partial charge in [-0.25, -0.2) is 4.79 Å². The molecule has 8 heteroatoms. The van der Waals surface area contributed by atoms with E-state index in [0.717, 1.165) is 11.8 Å². The number of thioether (sulfide) groups is 1. The second-order valence-corrected chi connectivity index (χ2v) is 3.93. The Morgan fingerprint density at radius 3 is 2.56 bits per heavy atom. The van der Waals surface area contributed by atoms with Crippen molar-refractivity contribution in [1.29, 1.82) is 0 Å². The fraction of sp³-hybridized carbons (Fsp3) is 0.750. The first-order chi connectivity index (χ1) is 7.52. The van der Waals surface area contributed by atoms with Gasteiger partial charge in [-0.15, -0.1) is 4.91 Å². The van der Waals surface area contributed by atoms with Gasteiger partial charge in [-0.1, -0.05) is 5.18 Å². The smallest absolute Gasteiger partial charge is 0.335 e. The quantitative estimate of drug-likeness (QED) is 0.453. The molecular formula is C8H14N2O5S. The van der Waals surface area contributed by atoms with E-state index >= 15 is 0 Å². The molecule has 0 saturated heterocycles. The van der Waals surface area contributed by atoms with Crippen molar-refractivity contribution >= 4 is 23.7 Å². The summed E-state index contributed by atoms with van der Waals surface area (Å²) in [6.07, 6.45) is 0. The molecule has 0 aliphatic heterocycles. The SMILES string of the molecule is CCOC(=O)C(CSCC(N)C(=O)O)N=O. The molecule has 0 spiro atoms. The number of nitrogens with two attached hydrogens (primary N) is 1. The molecule has 0 aliphatic carbocycles. The van der Waals surface area contributed by atoms with Crippen LogP contribution in [0.3, 0.4) is 0 Å². The molecule has 0 radical (unpaired) electrons. The summed E-state index contributed by atoms with van der Waals surface area (Å²) in [6.45, 7) is 1.79. The van der Waals surface area contributed by atoms with Crippen LogP contribution in [0.25, 0.3) is 0 Å². The Labute approximate surface area is 96.7 Å². The van der Waals surface area contributed by atoms with E-state index in [0.29, 0.717) is 0 Å². The second-order valence-electron chi connectivity index (χ2n) is 2.86. The molecule has 0 heterocycles. The van der Waals surface area contributed by atoms with Gasteiger partial charge in [-0.2, -0.15) is 11.8 Å². The van der Waals surface area contributed by atoms with Crippen LogP contribution in [0.4, 0.5) is 0 Å². The average molecular weight is 250 g/mol. The lowest BCUT2D eigenvalue weighted by Gasteiger charge is -2.09. The molecule has 3 N–H and O–H groups in total. The molecule has 2 atom stereocenters. The number of carbonyl (C=O) groups is 2. The highest BCUT2D eigenvalue weighted by Gasteiger charge is 2.21. The molecule has 0 aromatic rings. The summed E-state index contributed by atoms with van der Waals surface area (Å²) in [4.78, 5) is 31.8. The van der Waals surface area contributed by atoms with Gasteiger partial charge in [0.1, 0.15) is 6.04 Å². The number of aliphatic carboxylic acids is 1. The number of ether oxygens (including phenoxy) is 1. The van der Waals surface area contributed by atoms with E-state index in [4.69, 9.17) is 10.8 Å². The second kappa shape index (κ2) is 8.05. The molecular weight excluding hydrogens is 236 g/mol. The first-order valence-corrected chi connectivity index (χ1v) is 5.73. The van der Waals surface area contributed by atoms with E-state index < -0.39 is 24.0 Å². The van der Waals surface area contributed by atoms with E-state index in [-0.39, 0.29) is 18.1 Å². The highest BCUT2D eigenvalue weighted by molar-refractivity contribution is 7.99. The topological polar surface area (TPSA) is 119 Å². The lowest BCUT2D eigenvalue weighted by atomic mass is 10.4. The molecule has 0 aromatic heterocycles. The fourth-order valence-corrected chi connectivity index (χ4v) is 1.71. The summed E-state index contributed by atoms with van der Waals surface area (Å²) >= 11 is 1.08. The number of rotatable bonds is 8. The zero-order valence-corrected chi connectivity index (χ0v) is 9.61. The Morgan fingerprint density at radius 1 is 1.50 bits per heavy atom. The highest BCUT2D eigenvalue weighted by atomic mass is 32.2. The summed E-state index contributed by atoms with van der Waals surface area (Å²) in [5.74, 6) is -1.64. The summed E-state index contributed by atoms with van der Waals surface area (Å²) < 4.78 is 4.61. The van der Waals surface area contributed by atoms with Crippen LogP contribution in [0.2, 0.25) is 0 Å². The third-order valence-corrected chi connectivity index (χ3v) is 2.72. The minimum absolute atomic E-state index is 0.0727. The molecule has 0 saturated carbocycles. The molecule has 0 bridgehead atoms. The number of nitrogens with zero attached hydrogens (tertiary/aromatic N) is 1. The number of hydrogen-bond acceptors (Lipinski definition) is 7. The van der Waals surface area contributed by atoms with Gasteiger partial charge in [-0.3, -0.25) is 4.79 Å². The largest absolute Gasteiger partial charge is 0.480 e. The predicted octanol–water partition coefficient (Wildman–Crippen LogP) is -0.170. The number of carboxylic acid groups (broad SMARTS) is 1. The molecule has 0 aliphatic rings. The van der Waals surface area contributed by atoms with E-state index in [1.54, 1.807) is 6.92 Å². The summed E-state index contributed by atoms with van der Waals surface area (Å²) in [5.41, 5.74) is 5.23. The monoisotopic (exact) mass is 250 g/mol. The standard InChI is InChI=1S/C8H14N2O5S/c1-2-15-8(13)6(10-14)4-16-3-5(9)7(11)12/h5-6H,2-4,9H2,1H3,(H,11,12). The third kappa shape index (κ3) is 5.66. The minimum Gasteiger partial charge on any atom is -0.480 e. The van der Waals surface area contributed by atoms with Gasteiger partial charge in [0, 0.05) is 11.5 Å². The predicted molar refractivity (Wildman–Crippen MR) is 59.2 cm³/mol. The van der Waals surface area contributed by atoms with Crippen LogP contribution >= 0.6 is 11.8 Å². The van der Waals surface area contributed by atoms with Crippen molar-refractivity contribution in [2.45, 2.75) is 19.0 Å². The molecule has 16 heavy (non-hydrogen) atoms. The maximum Gasteiger partial charge on any atom is 0.335 e. The van der Waals surface area contributed by atoms with Gasteiger partial charge in [0.05, 0.1) is 6.61 Å². The van der Waals surface area contributed by atoms with Crippen molar-refractivity contribution in [3.63, 3.8) is 0 Å². The van der Waals surface area contributed by atoms with Crippen molar-refractivity contribution < 1.29 is 19.4 Å². The Morgan fingerprint density at radius 2 is 2.12 bits per heavy atom. The van der Waals surface area contributed by atoms with Crippen LogP contribution in [-0.4, -0.2) is 47.2 Å². The van der Waals surface area contributed by atoms with Gasteiger partial charge < -0.3 is 15.6 Å². The summed E-state index contributed by atoms with van der Waals surface area (Å²) in [6, 6.07) is -2.12.